The Kier molecular flexibility index (Phi) is 7.92. The van der Waals surface area contributed by atoms with Crippen molar-refractivity contribution in [1.82, 2.24) is 9.97 Å². The largest absolute Gasteiger partial charge is 0.481 e. The van der Waals surface area contributed by atoms with E-state index in [4.69, 9.17) is 15.1 Å². The molecule has 0 unspecified atom stereocenters. The van der Waals surface area contributed by atoms with Crippen molar-refractivity contribution in [3.8, 4) is 22.4 Å². The number of fused-ring (bicyclic) bond motifs is 3. The van der Waals surface area contributed by atoms with Crippen molar-refractivity contribution in [3.63, 3.8) is 0 Å². The zero-order valence-electron chi connectivity index (χ0n) is 21.9. The number of carbonyl (C=O) groups is 1. The highest BCUT2D eigenvalue weighted by molar-refractivity contribution is 7.99. The van der Waals surface area contributed by atoms with Crippen LogP contribution < -0.4 is 4.31 Å². The highest BCUT2D eigenvalue weighted by Gasteiger charge is 2.31. The molecule has 0 radical (unpaired) electrons. The van der Waals surface area contributed by atoms with E-state index in [1.165, 1.54) is 5.56 Å². The highest BCUT2D eigenvalue weighted by atomic mass is 32.2. The molecular formula is C28H35N3O3S. The smallest absolute Gasteiger partial charge is 0.307 e. The fourth-order valence-electron chi connectivity index (χ4n) is 4.35. The number of carboxylic acid groups (broad SMARTS) is 1. The van der Waals surface area contributed by atoms with Crippen LogP contribution in [0.25, 0.3) is 22.4 Å². The van der Waals surface area contributed by atoms with E-state index in [0.29, 0.717) is 6.54 Å². The first kappa shape index (κ1) is 26.7. The summed E-state index contributed by atoms with van der Waals surface area (Å²) in [6, 6.07) is 8.29. The first-order valence-corrected chi connectivity index (χ1v) is 12.8. The molecule has 0 saturated carbocycles. The average molecular weight is 494 g/mol. The molecule has 0 fully saturated rings. The number of hydrogen-bond acceptors (Lipinski definition) is 6. The summed E-state index contributed by atoms with van der Waals surface area (Å²) in [6.07, 6.45) is 3.83. The Morgan fingerprint density at radius 3 is 2.20 bits per heavy atom. The molecule has 7 heteroatoms. The van der Waals surface area contributed by atoms with Crippen LogP contribution >= 0.6 is 11.9 Å². The fourth-order valence-corrected chi connectivity index (χ4v) is 5.01. The second kappa shape index (κ2) is 10.4. The quantitative estimate of drug-likeness (QED) is 0.428. The second-order valence-corrected chi connectivity index (χ2v) is 10.8. The van der Waals surface area contributed by atoms with E-state index in [2.05, 4.69) is 42.4 Å². The van der Waals surface area contributed by atoms with Gasteiger partial charge in [-0.25, -0.2) is 0 Å². The summed E-state index contributed by atoms with van der Waals surface area (Å²) < 4.78 is 2.21. The molecule has 0 atom stereocenters. The number of aryl methyl sites for hydroxylation is 2. The van der Waals surface area contributed by atoms with Gasteiger partial charge in [-0.15, -0.1) is 0 Å². The zero-order chi connectivity index (χ0) is 26.1. The van der Waals surface area contributed by atoms with Gasteiger partial charge in [0.05, 0.1) is 41.3 Å². The number of carboxylic acids is 1. The molecule has 2 heterocycles. The molecule has 3 aromatic rings. The Morgan fingerprint density at radius 2 is 1.66 bits per heavy atom. The molecule has 0 saturated heterocycles. The number of aromatic nitrogens is 2. The van der Waals surface area contributed by atoms with Crippen molar-refractivity contribution in [2.75, 3.05) is 10.6 Å². The molecule has 0 aliphatic carbocycles. The van der Waals surface area contributed by atoms with E-state index in [1.807, 2.05) is 26.3 Å². The van der Waals surface area contributed by atoms with Gasteiger partial charge in [-0.3, -0.25) is 14.8 Å². The maximum atomic E-state index is 11.8. The molecule has 1 aromatic heterocycles. The van der Waals surface area contributed by atoms with Crippen LogP contribution in [0.3, 0.4) is 0 Å². The summed E-state index contributed by atoms with van der Waals surface area (Å²) in [5.74, 6) is -0.826. The average Bonchev–Trinajstić information content (AvgIpc) is 2.75. The van der Waals surface area contributed by atoms with Gasteiger partial charge < -0.3 is 14.5 Å². The topological polar surface area (TPSA) is 86.5 Å². The predicted octanol–water partition coefficient (Wildman–Crippen LogP) is 6.05. The van der Waals surface area contributed by atoms with Gasteiger partial charge in [0.2, 0.25) is 0 Å². The van der Waals surface area contributed by atoms with E-state index in [0.717, 1.165) is 56.1 Å². The van der Waals surface area contributed by atoms with Crippen molar-refractivity contribution in [2.45, 2.75) is 67.0 Å². The van der Waals surface area contributed by atoms with E-state index in [9.17, 15) is 9.90 Å². The van der Waals surface area contributed by atoms with Gasteiger partial charge >= 0.3 is 5.97 Å². The van der Waals surface area contributed by atoms with E-state index < -0.39 is 11.6 Å². The van der Waals surface area contributed by atoms with Crippen LogP contribution in [0.5, 0.6) is 0 Å². The Bertz CT molecular complexity index is 1240. The first-order chi connectivity index (χ1) is 16.3. The van der Waals surface area contributed by atoms with Crippen LogP contribution in [0.2, 0.25) is 0 Å². The third-order valence-corrected chi connectivity index (χ3v) is 6.48. The molecule has 0 bridgehead atoms. The van der Waals surface area contributed by atoms with Crippen molar-refractivity contribution in [1.29, 1.82) is 0 Å². The lowest BCUT2D eigenvalue weighted by molar-refractivity contribution is -0.136. The van der Waals surface area contributed by atoms with Gasteiger partial charge in [0.15, 0.2) is 0 Å². The summed E-state index contributed by atoms with van der Waals surface area (Å²) in [5, 5.41) is 18.2. The van der Waals surface area contributed by atoms with Crippen LogP contribution in [-0.2, 0) is 17.8 Å². The molecule has 1 aliphatic rings. The van der Waals surface area contributed by atoms with Crippen LogP contribution in [-0.4, -0.2) is 38.0 Å². The van der Waals surface area contributed by atoms with Gasteiger partial charge in [-0.2, -0.15) is 0 Å². The molecule has 6 nitrogen and oxygen atoms in total. The number of aliphatic hydroxyl groups is 1. The molecule has 2 N–H and O–H groups in total. The van der Waals surface area contributed by atoms with Crippen molar-refractivity contribution in [3.05, 3.63) is 64.1 Å². The zero-order valence-corrected chi connectivity index (χ0v) is 22.7. The SMILES string of the molecule is CC(C)(C)O.CSN1Cc2nc(C)cnc2-c2c(C)c(-c3ccc(C)cc3)c(CC(=O)O)c(C)c21. The second-order valence-electron chi connectivity index (χ2n) is 9.96. The molecular weight excluding hydrogens is 458 g/mol. The van der Waals surface area contributed by atoms with Crippen molar-refractivity contribution < 1.29 is 15.0 Å². The van der Waals surface area contributed by atoms with Gasteiger partial charge in [-0.05, 0) is 76.3 Å². The Morgan fingerprint density at radius 1 is 1.06 bits per heavy atom. The summed E-state index contributed by atoms with van der Waals surface area (Å²) in [7, 11) is 0. The maximum absolute atomic E-state index is 11.8. The van der Waals surface area contributed by atoms with Crippen LogP contribution in [0.4, 0.5) is 5.69 Å². The summed E-state index contributed by atoms with van der Waals surface area (Å²) in [6.45, 7) is 14.0. The molecule has 4 rings (SSSR count). The third kappa shape index (κ3) is 6.03. The van der Waals surface area contributed by atoms with Gasteiger partial charge in [0.25, 0.3) is 0 Å². The van der Waals surface area contributed by atoms with E-state index >= 15 is 0 Å². The minimum Gasteiger partial charge on any atom is -0.481 e. The van der Waals surface area contributed by atoms with Gasteiger partial charge in [0.1, 0.15) is 0 Å². The highest BCUT2D eigenvalue weighted by Crippen LogP contribution is 2.49. The molecule has 186 valence electrons. The van der Waals surface area contributed by atoms with Crippen LogP contribution in [0, 0.1) is 27.7 Å². The lowest BCUT2D eigenvalue weighted by Crippen LogP contribution is -2.24. The molecule has 0 amide bonds. The lowest BCUT2D eigenvalue weighted by Gasteiger charge is -2.34. The number of rotatable bonds is 4. The van der Waals surface area contributed by atoms with Gasteiger partial charge in [0, 0.05) is 18.0 Å². The van der Waals surface area contributed by atoms with Gasteiger partial charge in [-0.1, -0.05) is 41.8 Å². The Hall–Kier alpha value is -2.90. The predicted molar refractivity (Wildman–Crippen MR) is 145 cm³/mol. The first-order valence-electron chi connectivity index (χ1n) is 11.6. The van der Waals surface area contributed by atoms with Crippen LogP contribution in [0.15, 0.2) is 30.5 Å². The summed E-state index contributed by atoms with van der Waals surface area (Å²) in [4.78, 5) is 21.3. The van der Waals surface area contributed by atoms with E-state index in [1.54, 1.807) is 32.7 Å². The van der Waals surface area contributed by atoms with E-state index in [-0.39, 0.29) is 6.42 Å². The molecule has 35 heavy (non-hydrogen) atoms. The number of hydrogen-bond donors (Lipinski definition) is 2. The lowest BCUT2D eigenvalue weighted by atomic mass is 9.83. The normalized spacial score (nSPS) is 12.4. The Balaban J connectivity index is 0.000000623. The van der Waals surface area contributed by atoms with Crippen LogP contribution in [0.1, 0.15) is 54.4 Å². The standard InChI is InChI=1S/C24H25N3O2S.C4H10O/c1-13-6-8-17(9-7-13)21-16(4)22-23-19(26-14(2)11-25-23)12-27(30-5)24(22)15(3)18(21)10-20(28)29;1-4(2,3)5/h6-9,11H,10,12H2,1-5H3,(H,28,29);5H,1-3H3. The monoisotopic (exact) mass is 493 g/mol. The third-order valence-electron chi connectivity index (χ3n) is 5.73. The molecule has 2 aromatic carbocycles. The number of benzene rings is 2. The number of nitrogens with zero attached hydrogens (tertiary/aromatic N) is 3. The number of aliphatic carboxylic acids is 1. The minimum absolute atomic E-state index is 0.0161. The molecule has 0 spiro atoms. The summed E-state index contributed by atoms with van der Waals surface area (Å²) in [5.41, 5.74) is 10.5. The summed E-state index contributed by atoms with van der Waals surface area (Å²) >= 11 is 1.63. The maximum Gasteiger partial charge on any atom is 0.307 e. The minimum atomic E-state index is -0.826. The fraction of sp³-hybridized carbons (Fsp3) is 0.393. The number of anilines is 1. The Labute approximate surface area is 212 Å². The van der Waals surface area contributed by atoms with Crippen molar-refractivity contribution in [2.24, 2.45) is 0 Å². The molecule has 1 aliphatic heterocycles. The van der Waals surface area contributed by atoms with Crippen molar-refractivity contribution >= 4 is 23.6 Å².